The molecular formula is C19H22N2O5S. The maximum absolute atomic E-state index is 12.8. The zero-order valence-corrected chi connectivity index (χ0v) is 15.9. The topological polar surface area (TPSA) is 84.9 Å². The minimum Gasteiger partial charge on any atom is -0.495 e. The van der Waals surface area contributed by atoms with Gasteiger partial charge in [0.15, 0.2) is 5.78 Å². The third-order valence-electron chi connectivity index (χ3n) is 4.31. The van der Waals surface area contributed by atoms with Crippen LogP contribution in [0.3, 0.4) is 0 Å². The number of ketones is 1. The molecule has 1 saturated heterocycles. The summed E-state index contributed by atoms with van der Waals surface area (Å²) in [5.41, 5.74) is 1.04. The fourth-order valence-electron chi connectivity index (χ4n) is 2.83. The third kappa shape index (κ3) is 4.47. The Bertz CT molecular complexity index is 908. The van der Waals surface area contributed by atoms with Crippen LogP contribution in [0.5, 0.6) is 5.75 Å². The van der Waals surface area contributed by atoms with Gasteiger partial charge in [-0.1, -0.05) is 24.3 Å². The predicted octanol–water partition coefficient (Wildman–Crippen LogP) is 2.01. The minimum atomic E-state index is -3.64. The molecule has 0 aromatic heterocycles. The molecule has 1 fully saturated rings. The highest BCUT2D eigenvalue weighted by Gasteiger charge is 2.26. The summed E-state index contributed by atoms with van der Waals surface area (Å²) >= 11 is 0. The van der Waals surface area contributed by atoms with Gasteiger partial charge in [0.2, 0.25) is 10.0 Å². The summed E-state index contributed by atoms with van der Waals surface area (Å²) in [4.78, 5) is 12.7. The molecule has 27 heavy (non-hydrogen) atoms. The Hall–Kier alpha value is -2.42. The fourth-order valence-corrected chi connectivity index (χ4v) is 4.29. The van der Waals surface area contributed by atoms with Gasteiger partial charge in [-0.15, -0.1) is 0 Å². The van der Waals surface area contributed by atoms with Crippen molar-refractivity contribution in [1.82, 2.24) is 4.31 Å². The fraction of sp³-hybridized carbons (Fsp3) is 0.316. The number of nitrogens with one attached hydrogen (secondary N) is 1. The van der Waals surface area contributed by atoms with Crippen LogP contribution in [0.15, 0.2) is 53.4 Å². The monoisotopic (exact) mass is 390 g/mol. The van der Waals surface area contributed by atoms with Gasteiger partial charge in [-0.3, -0.25) is 4.79 Å². The molecule has 2 aromatic carbocycles. The highest BCUT2D eigenvalue weighted by molar-refractivity contribution is 7.89. The molecule has 0 radical (unpaired) electrons. The summed E-state index contributed by atoms with van der Waals surface area (Å²) < 4.78 is 37.3. The van der Waals surface area contributed by atoms with Crippen molar-refractivity contribution in [2.24, 2.45) is 0 Å². The van der Waals surface area contributed by atoms with Gasteiger partial charge in [0.05, 0.1) is 37.5 Å². The number of ether oxygens (including phenoxy) is 2. The normalized spacial score (nSPS) is 15.3. The van der Waals surface area contributed by atoms with E-state index in [1.165, 1.54) is 16.4 Å². The van der Waals surface area contributed by atoms with Crippen LogP contribution in [0.25, 0.3) is 0 Å². The second-order valence-corrected chi connectivity index (χ2v) is 7.96. The number of carbonyl (C=O) groups is 1. The van der Waals surface area contributed by atoms with Crippen LogP contribution < -0.4 is 10.1 Å². The molecule has 1 N–H and O–H groups in total. The summed E-state index contributed by atoms with van der Waals surface area (Å²) in [6, 6.07) is 13.4. The van der Waals surface area contributed by atoms with Crippen molar-refractivity contribution in [1.29, 1.82) is 0 Å². The van der Waals surface area contributed by atoms with E-state index in [2.05, 4.69) is 5.32 Å². The van der Waals surface area contributed by atoms with E-state index in [0.717, 1.165) is 0 Å². The first-order chi connectivity index (χ1) is 13.0. The number of benzene rings is 2. The number of morpholine rings is 1. The molecule has 0 saturated carbocycles. The number of hydrogen-bond donors (Lipinski definition) is 1. The summed E-state index contributed by atoms with van der Waals surface area (Å²) in [5, 5.41) is 3.03. The number of rotatable bonds is 7. The molecule has 144 valence electrons. The van der Waals surface area contributed by atoms with Crippen molar-refractivity contribution in [3.8, 4) is 5.75 Å². The number of Topliss-reactive ketones (excluding diaryl/α,β-unsaturated/α-hetero) is 1. The van der Waals surface area contributed by atoms with Crippen LogP contribution in [0.1, 0.15) is 10.4 Å². The SMILES string of the molecule is COc1ccccc1NCC(=O)c1cccc(S(=O)(=O)N2CCOCC2)c1. The van der Waals surface area contributed by atoms with Gasteiger partial charge in [-0.25, -0.2) is 8.42 Å². The Labute approximate surface area is 158 Å². The first kappa shape index (κ1) is 19.3. The van der Waals surface area contributed by atoms with Crippen molar-refractivity contribution < 1.29 is 22.7 Å². The van der Waals surface area contributed by atoms with E-state index in [-0.39, 0.29) is 17.2 Å². The van der Waals surface area contributed by atoms with E-state index < -0.39 is 10.0 Å². The van der Waals surface area contributed by atoms with Crippen LogP contribution in [-0.4, -0.2) is 58.5 Å². The molecule has 7 nitrogen and oxygen atoms in total. The van der Waals surface area contributed by atoms with Gasteiger partial charge in [-0.2, -0.15) is 4.31 Å². The highest BCUT2D eigenvalue weighted by Crippen LogP contribution is 2.23. The van der Waals surface area contributed by atoms with Gasteiger partial charge in [0.1, 0.15) is 5.75 Å². The molecule has 0 unspecified atom stereocenters. The first-order valence-electron chi connectivity index (χ1n) is 8.60. The Balaban J connectivity index is 1.73. The van der Waals surface area contributed by atoms with E-state index in [9.17, 15) is 13.2 Å². The van der Waals surface area contributed by atoms with E-state index >= 15 is 0 Å². The number of hydrogen-bond acceptors (Lipinski definition) is 6. The number of anilines is 1. The van der Waals surface area contributed by atoms with Crippen LogP contribution in [-0.2, 0) is 14.8 Å². The van der Waals surface area contributed by atoms with Crippen LogP contribution in [0.2, 0.25) is 0 Å². The molecule has 0 spiro atoms. The summed E-state index contributed by atoms with van der Waals surface area (Å²) in [6.07, 6.45) is 0. The number of nitrogens with zero attached hydrogens (tertiary/aromatic N) is 1. The van der Waals surface area contributed by atoms with Crippen LogP contribution >= 0.6 is 0 Å². The zero-order chi connectivity index (χ0) is 19.3. The van der Waals surface area contributed by atoms with E-state index in [4.69, 9.17) is 9.47 Å². The smallest absolute Gasteiger partial charge is 0.243 e. The van der Waals surface area contributed by atoms with Crippen molar-refractivity contribution in [3.63, 3.8) is 0 Å². The first-order valence-corrected chi connectivity index (χ1v) is 10.0. The lowest BCUT2D eigenvalue weighted by Crippen LogP contribution is -2.40. The van der Waals surface area contributed by atoms with Gasteiger partial charge >= 0.3 is 0 Å². The lowest BCUT2D eigenvalue weighted by atomic mass is 10.1. The van der Waals surface area contributed by atoms with Crippen LogP contribution in [0.4, 0.5) is 5.69 Å². The average molecular weight is 390 g/mol. The molecular weight excluding hydrogens is 368 g/mol. The molecule has 0 bridgehead atoms. The maximum Gasteiger partial charge on any atom is 0.243 e. The largest absolute Gasteiger partial charge is 0.495 e. The number of sulfonamides is 1. The molecule has 8 heteroatoms. The van der Waals surface area contributed by atoms with E-state index in [0.29, 0.717) is 43.3 Å². The van der Waals surface area contributed by atoms with Crippen molar-refractivity contribution in [2.75, 3.05) is 45.3 Å². The third-order valence-corrected chi connectivity index (χ3v) is 6.20. The van der Waals surface area contributed by atoms with Gasteiger partial charge in [-0.05, 0) is 24.3 Å². The lowest BCUT2D eigenvalue weighted by Gasteiger charge is -2.26. The standard InChI is InChI=1S/C19H22N2O5S/c1-25-19-8-3-2-7-17(19)20-14-18(22)15-5-4-6-16(13-15)27(23,24)21-9-11-26-12-10-21/h2-8,13,20H,9-12,14H2,1H3. The molecule has 1 aliphatic rings. The molecule has 0 atom stereocenters. The number of methoxy groups -OCH3 is 1. The number of para-hydroxylation sites is 2. The maximum atomic E-state index is 12.8. The van der Waals surface area contributed by atoms with E-state index in [1.807, 2.05) is 18.2 Å². The van der Waals surface area contributed by atoms with Gasteiger partial charge in [0, 0.05) is 18.7 Å². The molecule has 1 heterocycles. The van der Waals surface area contributed by atoms with Crippen LogP contribution in [0, 0.1) is 0 Å². The Kier molecular flexibility index (Phi) is 6.10. The Morgan fingerprint density at radius 1 is 1.15 bits per heavy atom. The second-order valence-electron chi connectivity index (χ2n) is 6.02. The van der Waals surface area contributed by atoms with Gasteiger partial charge in [0.25, 0.3) is 0 Å². The zero-order valence-electron chi connectivity index (χ0n) is 15.1. The summed E-state index contributed by atoms with van der Waals surface area (Å²) in [5.74, 6) is 0.425. The molecule has 1 aliphatic heterocycles. The number of carbonyl (C=O) groups excluding carboxylic acids is 1. The summed E-state index contributed by atoms with van der Waals surface area (Å²) in [6.45, 7) is 1.41. The predicted molar refractivity (Wildman–Crippen MR) is 102 cm³/mol. The molecule has 2 aromatic rings. The minimum absolute atomic E-state index is 0.0292. The average Bonchev–Trinajstić information content (AvgIpc) is 2.73. The quantitative estimate of drug-likeness (QED) is 0.728. The molecule has 0 aliphatic carbocycles. The Morgan fingerprint density at radius 2 is 1.89 bits per heavy atom. The van der Waals surface area contributed by atoms with Crippen molar-refractivity contribution >= 4 is 21.5 Å². The van der Waals surface area contributed by atoms with Crippen molar-refractivity contribution in [2.45, 2.75) is 4.90 Å². The Morgan fingerprint density at radius 3 is 2.63 bits per heavy atom. The van der Waals surface area contributed by atoms with E-state index in [1.54, 1.807) is 25.3 Å². The lowest BCUT2D eigenvalue weighted by molar-refractivity contribution is 0.0730. The van der Waals surface area contributed by atoms with Crippen molar-refractivity contribution in [3.05, 3.63) is 54.1 Å². The molecule has 3 rings (SSSR count). The molecule has 0 amide bonds. The highest BCUT2D eigenvalue weighted by atomic mass is 32.2. The second kappa shape index (κ2) is 8.51. The summed E-state index contributed by atoms with van der Waals surface area (Å²) in [7, 11) is -2.08. The van der Waals surface area contributed by atoms with Gasteiger partial charge < -0.3 is 14.8 Å².